The minimum atomic E-state index is -0.220. The van der Waals surface area contributed by atoms with E-state index < -0.39 is 0 Å². The van der Waals surface area contributed by atoms with E-state index in [1.165, 1.54) is 11.1 Å². The maximum atomic E-state index is 14.2. The van der Waals surface area contributed by atoms with Crippen molar-refractivity contribution in [3.63, 3.8) is 0 Å². The van der Waals surface area contributed by atoms with Gasteiger partial charge in [-0.25, -0.2) is 4.39 Å². The predicted molar refractivity (Wildman–Crippen MR) is 123 cm³/mol. The maximum absolute atomic E-state index is 14.2. The fourth-order valence-electron chi connectivity index (χ4n) is 3.51. The van der Waals surface area contributed by atoms with E-state index in [4.69, 9.17) is 0 Å². The molecule has 29 heavy (non-hydrogen) atoms. The van der Waals surface area contributed by atoms with Gasteiger partial charge in [0, 0.05) is 17.1 Å². The van der Waals surface area contributed by atoms with Gasteiger partial charge in [-0.1, -0.05) is 65.8 Å². The molecule has 3 rings (SSSR count). The van der Waals surface area contributed by atoms with Crippen molar-refractivity contribution < 1.29 is 4.39 Å². The summed E-state index contributed by atoms with van der Waals surface area (Å²) >= 11 is 0. The molecule has 0 atom stereocenters. The molecule has 0 aliphatic carbocycles. The molecule has 2 heteroatoms. The Morgan fingerprint density at radius 3 is 1.34 bits per heavy atom. The molecule has 0 spiro atoms. The van der Waals surface area contributed by atoms with Crippen LogP contribution in [0.5, 0.6) is 0 Å². The minimum Gasteiger partial charge on any atom is -0.310 e. The molecule has 0 N–H and O–H groups in total. The highest BCUT2D eigenvalue weighted by molar-refractivity contribution is 5.77. The van der Waals surface area contributed by atoms with Crippen LogP contribution in [0.3, 0.4) is 0 Å². The molecule has 152 valence electrons. The van der Waals surface area contributed by atoms with Crippen molar-refractivity contribution in [3.05, 3.63) is 89.2 Å². The van der Waals surface area contributed by atoms with Crippen LogP contribution in [0.2, 0.25) is 0 Å². The van der Waals surface area contributed by atoms with Crippen molar-refractivity contribution in [2.24, 2.45) is 0 Å². The summed E-state index contributed by atoms with van der Waals surface area (Å²) in [5, 5.41) is 0. The summed E-state index contributed by atoms with van der Waals surface area (Å²) in [7, 11) is 0. The first-order valence-electron chi connectivity index (χ1n) is 10.2. The summed E-state index contributed by atoms with van der Waals surface area (Å²) in [5.41, 5.74) is 6.51. The molecule has 0 aromatic heterocycles. The van der Waals surface area contributed by atoms with Gasteiger partial charge >= 0.3 is 0 Å². The minimum absolute atomic E-state index is 0.0904. The van der Waals surface area contributed by atoms with Crippen LogP contribution in [0.1, 0.15) is 58.2 Å². The Morgan fingerprint density at radius 2 is 1.00 bits per heavy atom. The van der Waals surface area contributed by atoms with Crippen molar-refractivity contribution in [3.8, 4) is 0 Å². The maximum Gasteiger partial charge on any atom is 0.125 e. The molecule has 3 aromatic carbocycles. The lowest BCUT2D eigenvalue weighted by atomic mass is 9.86. The van der Waals surface area contributed by atoms with E-state index >= 15 is 0 Å². The molecule has 0 aliphatic rings. The third-order valence-electron chi connectivity index (χ3n) is 5.27. The van der Waals surface area contributed by atoms with E-state index in [9.17, 15) is 4.39 Å². The summed E-state index contributed by atoms with van der Waals surface area (Å²) in [4.78, 5) is 2.12. The zero-order valence-corrected chi connectivity index (χ0v) is 18.7. The third kappa shape index (κ3) is 4.87. The van der Waals surface area contributed by atoms with E-state index in [1.54, 1.807) is 12.1 Å². The van der Waals surface area contributed by atoms with Gasteiger partial charge in [-0.2, -0.15) is 0 Å². The SMILES string of the molecule is Cc1cc(F)cc(N(c2ccc(C(C)(C)C)cc2)c2ccc(C(C)(C)C)cc2)c1. The van der Waals surface area contributed by atoms with E-state index in [-0.39, 0.29) is 16.6 Å². The summed E-state index contributed by atoms with van der Waals surface area (Å²) < 4.78 is 14.2. The number of rotatable bonds is 3. The lowest BCUT2D eigenvalue weighted by molar-refractivity contribution is 0.590. The third-order valence-corrected chi connectivity index (χ3v) is 5.27. The zero-order valence-electron chi connectivity index (χ0n) is 18.7. The van der Waals surface area contributed by atoms with Crippen molar-refractivity contribution in [2.75, 3.05) is 4.90 Å². The molecule has 3 aromatic rings. The average Bonchev–Trinajstić information content (AvgIpc) is 2.60. The molecule has 0 fully saturated rings. The molecule has 0 saturated heterocycles. The van der Waals surface area contributed by atoms with Gasteiger partial charge in [0.15, 0.2) is 0 Å². The van der Waals surface area contributed by atoms with Gasteiger partial charge in [0.1, 0.15) is 5.82 Å². The zero-order chi connectivity index (χ0) is 21.4. The topological polar surface area (TPSA) is 3.24 Å². The van der Waals surface area contributed by atoms with E-state index in [0.717, 1.165) is 22.6 Å². The first kappa shape index (κ1) is 21.1. The number of aryl methyl sites for hydroxylation is 1. The van der Waals surface area contributed by atoms with Gasteiger partial charge in [0.2, 0.25) is 0 Å². The Hall–Kier alpha value is -2.61. The molecular formula is C27H32FN. The molecule has 1 nitrogen and oxygen atoms in total. The van der Waals surface area contributed by atoms with Crippen LogP contribution in [-0.2, 0) is 10.8 Å². The van der Waals surface area contributed by atoms with Crippen LogP contribution in [0.4, 0.5) is 21.5 Å². The molecule has 0 radical (unpaired) electrons. The smallest absolute Gasteiger partial charge is 0.125 e. The van der Waals surface area contributed by atoms with Crippen LogP contribution < -0.4 is 4.90 Å². The second-order valence-electron chi connectivity index (χ2n) is 9.92. The van der Waals surface area contributed by atoms with Crippen LogP contribution in [0.15, 0.2) is 66.7 Å². The van der Waals surface area contributed by atoms with E-state index in [1.807, 2.05) is 13.0 Å². The van der Waals surface area contributed by atoms with Gasteiger partial charge in [0.05, 0.1) is 0 Å². The van der Waals surface area contributed by atoms with E-state index in [2.05, 4.69) is 95.0 Å². The fourth-order valence-corrected chi connectivity index (χ4v) is 3.51. The number of hydrogen-bond acceptors (Lipinski definition) is 1. The van der Waals surface area contributed by atoms with Crippen molar-refractivity contribution in [2.45, 2.75) is 59.3 Å². The Balaban J connectivity index is 2.12. The average molecular weight is 390 g/mol. The molecule has 0 heterocycles. The second kappa shape index (κ2) is 7.67. The monoisotopic (exact) mass is 389 g/mol. The van der Waals surface area contributed by atoms with Gasteiger partial charge in [-0.15, -0.1) is 0 Å². The van der Waals surface area contributed by atoms with Crippen molar-refractivity contribution >= 4 is 17.1 Å². The van der Waals surface area contributed by atoms with Crippen LogP contribution >= 0.6 is 0 Å². The Morgan fingerprint density at radius 1 is 0.586 bits per heavy atom. The van der Waals surface area contributed by atoms with Gasteiger partial charge in [0.25, 0.3) is 0 Å². The first-order valence-corrected chi connectivity index (χ1v) is 10.2. The van der Waals surface area contributed by atoms with Gasteiger partial charge in [-0.05, 0) is 76.9 Å². The summed E-state index contributed by atoms with van der Waals surface area (Å²) in [6.07, 6.45) is 0. The summed E-state index contributed by atoms with van der Waals surface area (Å²) in [5.74, 6) is -0.220. The fraction of sp³-hybridized carbons (Fsp3) is 0.333. The van der Waals surface area contributed by atoms with Gasteiger partial charge < -0.3 is 4.90 Å². The largest absolute Gasteiger partial charge is 0.310 e. The standard InChI is InChI=1S/C27H32FN/c1-19-16-22(28)18-25(17-19)29(23-12-8-20(9-13-23)26(2,3)4)24-14-10-21(11-15-24)27(5,6)7/h8-18H,1-7H3. The Bertz CT molecular complexity index is 893. The number of benzene rings is 3. The molecule has 0 bridgehead atoms. The first-order chi connectivity index (χ1) is 13.4. The van der Waals surface area contributed by atoms with Crippen LogP contribution in [-0.4, -0.2) is 0 Å². The molecule has 0 saturated carbocycles. The highest BCUT2D eigenvalue weighted by Gasteiger charge is 2.18. The lowest BCUT2D eigenvalue weighted by Gasteiger charge is -2.28. The van der Waals surface area contributed by atoms with E-state index in [0.29, 0.717) is 0 Å². The normalized spacial score (nSPS) is 12.1. The molecule has 0 aliphatic heterocycles. The van der Waals surface area contributed by atoms with Gasteiger partial charge in [-0.3, -0.25) is 0 Å². The molecule has 0 amide bonds. The second-order valence-corrected chi connectivity index (χ2v) is 9.92. The number of halogens is 1. The van der Waals surface area contributed by atoms with Crippen molar-refractivity contribution in [1.29, 1.82) is 0 Å². The summed E-state index contributed by atoms with van der Waals surface area (Å²) in [6, 6.07) is 22.3. The highest BCUT2D eigenvalue weighted by atomic mass is 19.1. The number of hydrogen-bond donors (Lipinski definition) is 0. The summed E-state index contributed by atoms with van der Waals surface area (Å²) in [6.45, 7) is 15.2. The molecule has 0 unspecified atom stereocenters. The lowest BCUT2D eigenvalue weighted by Crippen LogP contribution is -2.14. The number of nitrogens with zero attached hydrogens (tertiary/aromatic N) is 1. The Labute approximate surface area is 175 Å². The van der Waals surface area contributed by atoms with Crippen molar-refractivity contribution in [1.82, 2.24) is 0 Å². The Kier molecular flexibility index (Phi) is 5.58. The number of anilines is 3. The van der Waals surface area contributed by atoms with Crippen LogP contribution in [0.25, 0.3) is 0 Å². The quantitative estimate of drug-likeness (QED) is 0.436. The van der Waals surface area contributed by atoms with Crippen LogP contribution in [0, 0.1) is 12.7 Å². The predicted octanol–water partition coefficient (Wildman–Crippen LogP) is 8.20. The molecular weight excluding hydrogens is 357 g/mol. The highest BCUT2D eigenvalue weighted by Crippen LogP contribution is 2.37.